The number of nitrogens with zero attached hydrogens (tertiary/aromatic N) is 6. The molecule has 0 amide bonds. The minimum absolute atomic E-state index is 0.0184. The van der Waals surface area contributed by atoms with Crippen molar-refractivity contribution in [1.29, 1.82) is 0 Å². The van der Waals surface area contributed by atoms with Crippen LogP contribution in [0.15, 0.2) is 43.3 Å². The number of benzene rings is 1. The third-order valence-corrected chi connectivity index (χ3v) is 6.58. The number of hydrogen-bond acceptors (Lipinski definition) is 8. The van der Waals surface area contributed by atoms with Crippen LogP contribution in [0.5, 0.6) is 0 Å². The summed E-state index contributed by atoms with van der Waals surface area (Å²) in [4.78, 5) is 35.3. The lowest BCUT2D eigenvalue weighted by Gasteiger charge is -2.16. The van der Waals surface area contributed by atoms with Gasteiger partial charge in [-0.25, -0.2) is 14.8 Å². The lowest BCUT2D eigenvalue weighted by molar-refractivity contribution is 0.509. The summed E-state index contributed by atoms with van der Waals surface area (Å²) in [5, 5.41) is 8.98. The minimum Gasteiger partial charge on any atom is -0.419 e. The Morgan fingerprint density at radius 3 is 2.41 bits per heavy atom. The summed E-state index contributed by atoms with van der Waals surface area (Å²) < 4.78 is 8.62. The molecule has 0 saturated carbocycles. The molecule has 178 valence electrons. The molecule has 0 aliphatic rings. The Bertz CT molecular complexity index is 1450. The van der Waals surface area contributed by atoms with Crippen LogP contribution < -0.4 is 11.2 Å². The van der Waals surface area contributed by atoms with Gasteiger partial charge in [0.1, 0.15) is 16.2 Å². The normalized spacial score (nSPS) is 12.6. The highest BCUT2D eigenvalue weighted by Crippen LogP contribution is 2.37. The largest absolute Gasteiger partial charge is 0.419 e. The molecular formula is C24H28N6O3S. The third-order valence-electron chi connectivity index (χ3n) is 5.50. The van der Waals surface area contributed by atoms with Crippen molar-refractivity contribution in [3.05, 3.63) is 62.4 Å². The fourth-order valence-electron chi connectivity index (χ4n) is 3.55. The van der Waals surface area contributed by atoms with E-state index in [1.165, 1.54) is 18.8 Å². The fraction of sp³-hybridized carbons (Fsp3) is 0.417. The first-order valence-electron chi connectivity index (χ1n) is 11.3. The summed E-state index contributed by atoms with van der Waals surface area (Å²) in [6.45, 7) is 10.3. The molecule has 4 rings (SSSR count). The second-order valence-electron chi connectivity index (χ2n) is 8.61. The van der Waals surface area contributed by atoms with Crippen LogP contribution in [0, 0.1) is 6.92 Å². The molecule has 0 fully saturated rings. The van der Waals surface area contributed by atoms with Crippen molar-refractivity contribution in [3.63, 3.8) is 0 Å². The molecule has 4 aromatic rings. The van der Waals surface area contributed by atoms with Crippen molar-refractivity contribution in [3.8, 4) is 11.5 Å². The summed E-state index contributed by atoms with van der Waals surface area (Å²) in [6.07, 6.45) is 0.733. The Morgan fingerprint density at radius 2 is 1.76 bits per heavy atom. The zero-order valence-corrected chi connectivity index (χ0v) is 21.0. The van der Waals surface area contributed by atoms with Gasteiger partial charge in [-0.3, -0.25) is 13.9 Å². The van der Waals surface area contributed by atoms with Gasteiger partial charge in [0.2, 0.25) is 11.8 Å². The number of rotatable bonds is 7. The van der Waals surface area contributed by atoms with Gasteiger partial charge >= 0.3 is 5.69 Å². The number of thioether (sulfide) groups is 1. The Hall–Kier alpha value is -3.27. The quantitative estimate of drug-likeness (QED) is 0.285. The van der Waals surface area contributed by atoms with E-state index in [4.69, 9.17) is 9.40 Å². The van der Waals surface area contributed by atoms with Crippen LogP contribution in [0.4, 0.5) is 0 Å². The van der Waals surface area contributed by atoms with Gasteiger partial charge < -0.3 is 4.42 Å². The number of fused-ring (bicyclic) bond motifs is 1. The van der Waals surface area contributed by atoms with E-state index in [2.05, 4.69) is 15.2 Å². The van der Waals surface area contributed by atoms with Gasteiger partial charge in [-0.15, -0.1) is 10.2 Å². The second kappa shape index (κ2) is 9.54. The maximum absolute atomic E-state index is 13.1. The first-order chi connectivity index (χ1) is 16.2. The molecule has 0 aliphatic carbocycles. The lowest BCUT2D eigenvalue weighted by Crippen LogP contribution is -2.39. The average molecular weight is 481 g/mol. The first-order valence-corrected chi connectivity index (χ1v) is 12.2. The summed E-state index contributed by atoms with van der Waals surface area (Å²) in [5.74, 6) is 1.46. The van der Waals surface area contributed by atoms with Gasteiger partial charge in [0, 0.05) is 25.1 Å². The molecular weight excluding hydrogens is 452 g/mol. The second-order valence-corrected chi connectivity index (χ2v) is 9.94. The maximum Gasteiger partial charge on any atom is 0.332 e. The molecule has 1 unspecified atom stereocenters. The monoisotopic (exact) mass is 480 g/mol. The molecule has 1 aromatic carbocycles. The van der Waals surface area contributed by atoms with Crippen LogP contribution >= 0.6 is 11.8 Å². The van der Waals surface area contributed by atoms with E-state index in [0.717, 1.165) is 22.1 Å². The molecule has 3 heterocycles. The van der Waals surface area contributed by atoms with Crippen molar-refractivity contribution in [2.45, 2.75) is 63.8 Å². The highest BCUT2D eigenvalue weighted by molar-refractivity contribution is 7.99. The predicted molar refractivity (Wildman–Crippen MR) is 132 cm³/mol. The van der Waals surface area contributed by atoms with E-state index in [1.54, 1.807) is 4.57 Å². The van der Waals surface area contributed by atoms with Crippen LogP contribution in [0.2, 0.25) is 0 Å². The molecule has 0 saturated heterocycles. The Kier molecular flexibility index (Phi) is 6.70. The molecule has 9 nitrogen and oxygen atoms in total. The van der Waals surface area contributed by atoms with E-state index in [-0.39, 0.29) is 16.9 Å². The van der Waals surface area contributed by atoms with E-state index in [0.29, 0.717) is 40.2 Å². The summed E-state index contributed by atoms with van der Waals surface area (Å²) in [7, 11) is 1.48. The van der Waals surface area contributed by atoms with E-state index in [9.17, 15) is 9.59 Å². The van der Waals surface area contributed by atoms with Gasteiger partial charge in [0.05, 0.1) is 5.25 Å². The topological polar surface area (TPSA) is 109 Å². The van der Waals surface area contributed by atoms with Gasteiger partial charge in [-0.2, -0.15) is 0 Å². The van der Waals surface area contributed by atoms with Gasteiger partial charge in [0.15, 0.2) is 5.65 Å². The van der Waals surface area contributed by atoms with Crippen LogP contribution in [0.25, 0.3) is 22.5 Å². The van der Waals surface area contributed by atoms with Crippen molar-refractivity contribution in [1.82, 2.24) is 29.3 Å². The Balaban J connectivity index is 1.80. The summed E-state index contributed by atoms with van der Waals surface area (Å²) in [6, 6.07) is 7.86. The van der Waals surface area contributed by atoms with E-state index in [1.807, 2.05) is 58.9 Å². The average Bonchev–Trinajstić information content (AvgIpc) is 3.31. The Labute approximate surface area is 201 Å². The summed E-state index contributed by atoms with van der Waals surface area (Å²) in [5.41, 5.74) is 1.56. The van der Waals surface area contributed by atoms with E-state index >= 15 is 0 Å². The number of aromatic nitrogens is 6. The zero-order chi connectivity index (χ0) is 24.6. The molecule has 0 spiro atoms. The molecule has 0 N–H and O–H groups in total. The SMILES string of the molecule is CCCn1c(=O)n(C)c(=O)c2c(SC(C)c3nnc(-c4ccc(C)cc4)o3)nc(C(C)C)nc21. The molecule has 3 aromatic heterocycles. The van der Waals surface area contributed by atoms with Crippen molar-refractivity contribution >= 4 is 22.8 Å². The highest BCUT2D eigenvalue weighted by atomic mass is 32.2. The molecule has 34 heavy (non-hydrogen) atoms. The molecule has 1 atom stereocenters. The first kappa shape index (κ1) is 23.9. The third kappa shape index (κ3) is 4.42. The van der Waals surface area contributed by atoms with Crippen molar-refractivity contribution in [2.75, 3.05) is 0 Å². The molecule has 0 radical (unpaired) electrons. The number of aryl methyl sites for hydroxylation is 2. The van der Waals surface area contributed by atoms with Crippen LogP contribution in [0.1, 0.15) is 62.6 Å². The van der Waals surface area contributed by atoms with Crippen LogP contribution in [-0.4, -0.2) is 29.3 Å². The minimum atomic E-state index is -0.414. The van der Waals surface area contributed by atoms with E-state index < -0.39 is 5.56 Å². The standard InChI is InChI=1S/C24H28N6O3S/c1-7-12-30-19-17(23(31)29(6)24(30)32)22(26-18(25-19)13(2)3)34-15(5)20-27-28-21(33-20)16-10-8-14(4)9-11-16/h8-11,13,15H,7,12H2,1-6H3. The van der Waals surface area contributed by atoms with Crippen molar-refractivity contribution < 1.29 is 4.42 Å². The van der Waals surface area contributed by atoms with Gasteiger partial charge in [0.25, 0.3) is 5.56 Å². The van der Waals surface area contributed by atoms with Gasteiger partial charge in [-0.05, 0) is 32.4 Å². The lowest BCUT2D eigenvalue weighted by atomic mass is 10.1. The zero-order valence-electron chi connectivity index (χ0n) is 20.2. The summed E-state index contributed by atoms with van der Waals surface area (Å²) >= 11 is 1.35. The van der Waals surface area contributed by atoms with Gasteiger partial charge in [-0.1, -0.05) is 50.2 Å². The Morgan fingerprint density at radius 1 is 1.06 bits per heavy atom. The highest BCUT2D eigenvalue weighted by Gasteiger charge is 2.24. The fourth-order valence-corrected chi connectivity index (χ4v) is 4.53. The molecule has 10 heteroatoms. The maximum atomic E-state index is 13.1. The number of hydrogen-bond donors (Lipinski definition) is 0. The molecule has 0 aliphatic heterocycles. The van der Waals surface area contributed by atoms with Crippen LogP contribution in [0.3, 0.4) is 0 Å². The van der Waals surface area contributed by atoms with Crippen LogP contribution in [-0.2, 0) is 13.6 Å². The van der Waals surface area contributed by atoms with Crippen molar-refractivity contribution in [2.24, 2.45) is 7.05 Å². The molecule has 0 bridgehead atoms. The smallest absolute Gasteiger partial charge is 0.332 e. The predicted octanol–water partition coefficient (Wildman–Crippen LogP) is 4.24.